The van der Waals surface area contributed by atoms with Crippen molar-refractivity contribution in [1.82, 2.24) is 10.2 Å². The van der Waals surface area contributed by atoms with Gasteiger partial charge in [-0.05, 0) is 30.7 Å². The fourth-order valence-corrected chi connectivity index (χ4v) is 3.02. The lowest BCUT2D eigenvalue weighted by atomic mass is 10.1. The number of aromatic nitrogens is 2. The summed E-state index contributed by atoms with van der Waals surface area (Å²) in [5.41, 5.74) is 1.02. The molecule has 3 nitrogen and oxygen atoms in total. The third-order valence-corrected chi connectivity index (χ3v) is 4.36. The fourth-order valence-electron chi connectivity index (χ4n) is 2.13. The van der Waals surface area contributed by atoms with Gasteiger partial charge >= 0.3 is 0 Å². The van der Waals surface area contributed by atoms with Gasteiger partial charge in [0.25, 0.3) is 0 Å². The number of phenolic OH excluding ortho intramolecular Hbond substituents is 1. The number of aromatic hydroxyl groups is 1. The Bertz CT molecular complexity index is 507. The van der Waals surface area contributed by atoms with Gasteiger partial charge in [0.15, 0.2) is 0 Å². The van der Waals surface area contributed by atoms with E-state index in [1.54, 1.807) is 23.5 Å². The summed E-state index contributed by atoms with van der Waals surface area (Å²) >= 11 is 1.66. The summed E-state index contributed by atoms with van der Waals surface area (Å²) in [6.07, 6.45) is 8.85. The molecule has 20 heavy (non-hydrogen) atoms. The maximum Gasteiger partial charge on any atom is 0.147 e. The first-order chi connectivity index (χ1) is 9.79. The number of aryl methyl sites for hydroxylation is 1. The highest BCUT2D eigenvalue weighted by molar-refractivity contribution is 7.14. The molecule has 0 spiro atoms. The quantitative estimate of drug-likeness (QED) is 0.709. The summed E-state index contributed by atoms with van der Waals surface area (Å²) in [6, 6.07) is 7.13. The Labute approximate surface area is 124 Å². The average Bonchev–Trinajstić information content (AvgIpc) is 2.92. The highest BCUT2D eigenvalue weighted by atomic mass is 32.1. The largest absolute Gasteiger partial charge is 0.508 e. The molecule has 0 saturated heterocycles. The molecule has 0 aliphatic rings. The van der Waals surface area contributed by atoms with Crippen LogP contribution in [0.2, 0.25) is 0 Å². The number of benzene rings is 1. The number of nitrogens with zero attached hydrogens (tertiary/aromatic N) is 2. The lowest BCUT2D eigenvalue weighted by Gasteiger charge is -1.98. The van der Waals surface area contributed by atoms with E-state index < -0.39 is 0 Å². The predicted octanol–water partition coefficient (Wildman–Crippen LogP) is 4.81. The van der Waals surface area contributed by atoms with Crippen molar-refractivity contribution in [2.75, 3.05) is 0 Å². The van der Waals surface area contributed by atoms with Crippen molar-refractivity contribution >= 4 is 11.3 Å². The van der Waals surface area contributed by atoms with Gasteiger partial charge in [-0.2, -0.15) is 0 Å². The van der Waals surface area contributed by atoms with Crippen molar-refractivity contribution in [3.8, 4) is 16.3 Å². The fraction of sp³-hybridized carbons (Fsp3) is 0.500. The Morgan fingerprint density at radius 1 is 0.950 bits per heavy atom. The van der Waals surface area contributed by atoms with Crippen LogP contribution in [0.5, 0.6) is 5.75 Å². The molecule has 0 saturated carbocycles. The van der Waals surface area contributed by atoms with Crippen LogP contribution in [0.15, 0.2) is 24.3 Å². The Balaban J connectivity index is 1.79. The molecule has 0 unspecified atom stereocenters. The number of phenols is 1. The van der Waals surface area contributed by atoms with E-state index in [-0.39, 0.29) is 5.75 Å². The maximum atomic E-state index is 9.28. The van der Waals surface area contributed by atoms with E-state index in [9.17, 15) is 5.11 Å². The maximum absolute atomic E-state index is 9.28. The SMILES string of the molecule is CCCCCCCCc1nnc(-c2ccc(O)cc2)s1. The Hall–Kier alpha value is -1.42. The summed E-state index contributed by atoms with van der Waals surface area (Å²) < 4.78 is 0. The van der Waals surface area contributed by atoms with E-state index in [0.29, 0.717) is 0 Å². The molecule has 0 fully saturated rings. The van der Waals surface area contributed by atoms with E-state index in [1.807, 2.05) is 12.1 Å². The third-order valence-electron chi connectivity index (χ3n) is 3.33. The van der Waals surface area contributed by atoms with E-state index in [4.69, 9.17) is 0 Å². The standard InChI is InChI=1S/C16H22N2OS/c1-2-3-4-5-6-7-8-15-17-18-16(20-15)13-9-11-14(19)12-10-13/h9-12,19H,2-8H2,1H3. The topological polar surface area (TPSA) is 46.0 Å². The van der Waals surface area contributed by atoms with Gasteiger partial charge in [-0.25, -0.2) is 0 Å². The molecule has 1 aromatic heterocycles. The van der Waals surface area contributed by atoms with Crippen molar-refractivity contribution in [3.05, 3.63) is 29.3 Å². The minimum atomic E-state index is 0.283. The van der Waals surface area contributed by atoms with Crippen LogP contribution in [0.3, 0.4) is 0 Å². The summed E-state index contributed by atoms with van der Waals surface area (Å²) in [4.78, 5) is 0. The van der Waals surface area contributed by atoms with Gasteiger partial charge in [-0.3, -0.25) is 0 Å². The monoisotopic (exact) mass is 290 g/mol. The van der Waals surface area contributed by atoms with E-state index >= 15 is 0 Å². The zero-order valence-corrected chi connectivity index (χ0v) is 12.8. The first-order valence-electron chi connectivity index (χ1n) is 7.41. The first kappa shape index (κ1) is 15.0. The second kappa shape index (κ2) is 8.00. The van der Waals surface area contributed by atoms with Gasteiger partial charge in [0, 0.05) is 12.0 Å². The van der Waals surface area contributed by atoms with E-state index in [0.717, 1.165) is 22.0 Å². The zero-order valence-electron chi connectivity index (χ0n) is 12.0. The molecule has 4 heteroatoms. The number of rotatable bonds is 8. The second-order valence-electron chi connectivity index (χ2n) is 5.07. The Morgan fingerprint density at radius 3 is 2.40 bits per heavy atom. The molecule has 0 amide bonds. The van der Waals surface area contributed by atoms with E-state index in [2.05, 4.69) is 17.1 Å². The van der Waals surface area contributed by atoms with Crippen molar-refractivity contribution in [2.24, 2.45) is 0 Å². The van der Waals surface area contributed by atoms with Crippen LogP contribution in [0.1, 0.15) is 50.5 Å². The number of unbranched alkanes of at least 4 members (excludes halogenated alkanes) is 5. The van der Waals surface area contributed by atoms with Gasteiger partial charge in [0.05, 0.1) is 0 Å². The Kier molecular flexibility index (Phi) is 5.99. The number of hydrogen-bond donors (Lipinski definition) is 1. The predicted molar refractivity (Wildman–Crippen MR) is 84.1 cm³/mol. The van der Waals surface area contributed by atoms with Crippen molar-refractivity contribution in [3.63, 3.8) is 0 Å². The van der Waals surface area contributed by atoms with Crippen LogP contribution in [-0.2, 0) is 6.42 Å². The minimum absolute atomic E-state index is 0.283. The second-order valence-corrected chi connectivity index (χ2v) is 6.13. The number of hydrogen-bond acceptors (Lipinski definition) is 4. The van der Waals surface area contributed by atoms with Crippen LogP contribution in [-0.4, -0.2) is 15.3 Å². The first-order valence-corrected chi connectivity index (χ1v) is 8.23. The molecule has 0 radical (unpaired) electrons. The van der Waals surface area contributed by atoms with Crippen LogP contribution < -0.4 is 0 Å². The lowest BCUT2D eigenvalue weighted by molar-refractivity contribution is 0.475. The smallest absolute Gasteiger partial charge is 0.147 e. The molecule has 0 atom stereocenters. The van der Waals surface area contributed by atoms with Gasteiger partial charge in [0.1, 0.15) is 15.8 Å². The van der Waals surface area contributed by atoms with Crippen molar-refractivity contribution in [1.29, 1.82) is 0 Å². The van der Waals surface area contributed by atoms with Crippen molar-refractivity contribution in [2.45, 2.75) is 51.9 Å². The Morgan fingerprint density at radius 2 is 1.65 bits per heavy atom. The van der Waals surface area contributed by atoms with Crippen LogP contribution in [0, 0.1) is 0 Å². The molecule has 0 aliphatic heterocycles. The lowest BCUT2D eigenvalue weighted by Crippen LogP contribution is -1.85. The molecule has 108 valence electrons. The normalized spacial score (nSPS) is 10.8. The van der Waals surface area contributed by atoms with Crippen molar-refractivity contribution < 1.29 is 5.11 Å². The summed E-state index contributed by atoms with van der Waals surface area (Å²) in [5, 5.41) is 19.8. The van der Waals surface area contributed by atoms with E-state index in [1.165, 1.54) is 38.5 Å². The molecular weight excluding hydrogens is 268 g/mol. The average molecular weight is 290 g/mol. The van der Waals surface area contributed by atoms with Crippen LogP contribution in [0.4, 0.5) is 0 Å². The summed E-state index contributed by atoms with van der Waals surface area (Å²) in [5.74, 6) is 0.283. The summed E-state index contributed by atoms with van der Waals surface area (Å²) in [6.45, 7) is 2.24. The van der Waals surface area contributed by atoms with Gasteiger partial charge in [-0.1, -0.05) is 50.4 Å². The zero-order chi connectivity index (χ0) is 14.2. The third kappa shape index (κ3) is 4.60. The van der Waals surface area contributed by atoms with Gasteiger partial charge < -0.3 is 5.11 Å². The molecule has 2 rings (SSSR count). The molecule has 2 aromatic rings. The summed E-state index contributed by atoms with van der Waals surface area (Å²) in [7, 11) is 0. The molecule has 1 aromatic carbocycles. The molecular formula is C16H22N2OS. The highest BCUT2D eigenvalue weighted by Crippen LogP contribution is 2.25. The minimum Gasteiger partial charge on any atom is -0.508 e. The molecule has 1 N–H and O–H groups in total. The van der Waals surface area contributed by atoms with Crippen LogP contribution >= 0.6 is 11.3 Å². The molecule has 0 bridgehead atoms. The molecule has 0 aliphatic carbocycles. The van der Waals surface area contributed by atoms with Gasteiger partial charge in [-0.15, -0.1) is 10.2 Å². The molecule has 1 heterocycles. The van der Waals surface area contributed by atoms with Gasteiger partial charge in [0.2, 0.25) is 0 Å². The highest BCUT2D eigenvalue weighted by Gasteiger charge is 2.06. The van der Waals surface area contributed by atoms with Crippen LogP contribution in [0.25, 0.3) is 10.6 Å².